The van der Waals surface area contributed by atoms with Crippen molar-refractivity contribution in [3.8, 4) is 6.07 Å². The molecule has 96 valence electrons. The summed E-state index contributed by atoms with van der Waals surface area (Å²) in [6, 6.07) is 8.20. The molecule has 0 aliphatic heterocycles. The Morgan fingerprint density at radius 2 is 2.11 bits per heavy atom. The molecule has 1 saturated carbocycles. The van der Waals surface area contributed by atoms with Gasteiger partial charge in [-0.15, -0.1) is 0 Å². The SMILES string of the molecule is N#CC(CO)c1ccccc1S(=O)(=O)NC1CC1. The molecule has 1 aliphatic carbocycles. The molecule has 0 saturated heterocycles. The maximum atomic E-state index is 12.1. The Balaban J connectivity index is 2.41. The van der Waals surface area contributed by atoms with Crippen LogP contribution in [0, 0.1) is 11.3 Å². The first-order valence-electron chi connectivity index (χ1n) is 5.70. The van der Waals surface area contributed by atoms with E-state index in [0.717, 1.165) is 12.8 Å². The molecule has 2 N–H and O–H groups in total. The van der Waals surface area contributed by atoms with Crippen LogP contribution in [-0.2, 0) is 10.0 Å². The summed E-state index contributed by atoms with van der Waals surface area (Å²) < 4.78 is 26.8. The van der Waals surface area contributed by atoms with Crippen molar-refractivity contribution < 1.29 is 13.5 Å². The topological polar surface area (TPSA) is 90.2 Å². The first-order valence-corrected chi connectivity index (χ1v) is 7.18. The van der Waals surface area contributed by atoms with Crippen LogP contribution in [0.5, 0.6) is 0 Å². The number of benzene rings is 1. The molecule has 0 aromatic heterocycles. The van der Waals surface area contributed by atoms with E-state index in [1.807, 2.05) is 6.07 Å². The molecule has 1 aliphatic rings. The number of nitrogens with one attached hydrogen (secondary N) is 1. The smallest absolute Gasteiger partial charge is 0.241 e. The molecule has 1 unspecified atom stereocenters. The van der Waals surface area contributed by atoms with Crippen LogP contribution < -0.4 is 4.72 Å². The van der Waals surface area contributed by atoms with Gasteiger partial charge in [-0.1, -0.05) is 18.2 Å². The van der Waals surface area contributed by atoms with Crippen LogP contribution >= 0.6 is 0 Å². The maximum absolute atomic E-state index is 12.1. The van der Waals surface area contributed by atoms with E-state index in [1.54, 1.807) is 18.2 Å². The monoisotopic (exact) mass is 266 g/mol. The van der Waals surface area contributed by atoms with Crippen molar-refractivity contribution in [2.24, 2.45) is 0 Å². The highest BCUT2D eigenvalue weighted by Gasteiger charge is 2.30. The Labute approximate surface area is 106 Å². The van der Waals surface area contributed by atoms with Crippen LogP contribution in [0.1, 0.15) is 24.3 Å². The molecule has 2 rings (SSSR count). The van der Waals surface area contributed by atoms with Crippen LogP contribution in [0.25, 0.3) is 0 Å². The summed E-state index contributed by atoms with van der Waals surface area (Å²) in [5, 5.41) is 18.1. The van der Waals surface area contributed by atoms with E-state index in [2.05, 4.69) is 4.72 Å². The zero-order valence-corrected chi connectivity index (χ0v) is 10.5. The van der Waals surface area contributed by atoms with E-state index in [0.29, 0.717) is 5.56 Å². The number of rotatable bonds is 5. The Hall–Kier alpha value is -1.42. The normalized spacial score (nSPS) is 17.1. The highest BCUT2D eigenvalue weighted by molar-refractivity contribution is 7.89. The quantitative estimate of drug-likeness (QED) is 0.822. The molecule has 0 bridgehead atoms. The molecule has 1 aromatic rings. The van der Waals surface area contributed by atoms with Crippen molar-refractivity contribution in [3.63, 3.8) is 0 Å². The first-order chi connectivity index (χ1) is 8.58. The minimum atomic E-state index is -3.61. The van der Waals surface area contributed by atoms with Gasteiger partial charge in [0, 0.05) is 6.04 Å². The number of sulfonamides is 1. The molecular weight excluding hydrogens is 252 g/mol. The zero-order valence-electron chi connectivity index (χ0n) is 9.70. The molecular formula is C12H14N2O3S. The number of hydrogen-bond acceptors (Lipinski definition) is 4. The van der Waals surface area contributed by atoms with E-state index in [9.17, 15) is 8.42 Å². The second-order valence-corrected chi connectivity index (χ2v) is 5.98. The molecule has 18 heavy (non-hydrogen) atoms. The van der Waals surface area contributed by atoms with Gasteiger partial charge in [0.15, 0.2) is 0 Å². The van der Waals surface area contributed by atoms with Crippen LogP contribution in [0.15, 0.2) is 29.2 Å². The van der Waals surface area contributed by atoms with Gasteiger partial charge in [-0.25, -0.2) is 13.1 Å². The number of nitrogens with zero attached hydrogens (tertiary/aromatic N) is 1. The summed E-state index contributed by atoms with van der Waals surface area (Å²) in [6.45, 7) is -0.396. The van der Waals surface area contributed by atoms with Crippen molar-refractivity contribution in [1.29, 1.82) is 5.26 Å². The molecule has 0 amide bonds. The third-order valence-electron chi connectivity index (χ3n) is 2.82. The lowest BCUT2D eigenvalue weighted by Gasteiger charge is -2.13. The first kappa shape index (κ1) is 13.0. The van der Waals surface area contributed by atoms with Gasteiger partial charge in [-0.2, -0.15) is 5.26 Å². The van der Waals surface area contributed by atoms with E-state index >= 15 is 0 Å². The van der Waals surface area contributed by atoms with E-state index in [4.69, 9.17) is 10.4 Å². The van der Waals surface area contributed by atoms with Gasteiger partial charge < -0.3 is 5.11 Å². The van der Waals surface area contributed by atoms with Crippen LogP contribution in [0.4, 0.5) is 0 Å². The van der Waals surface area contributed by atoms with Gasteiger partial charge in [-0.3, -0.25) is 0 Å². The third-order valence-corrected chi connectivity index (χ3v) is 4.42. The Morgan fingerprint density at radius 3 is 2.67 bits per heavy atom. The van der Waals surface area contributed by atoms with Gasteiger partial charge in [0.05, 0.1) is 23.5 Å². The van der Waals surface area contributed by atoms with Crippen molar-refractivity contribution in [1.82, 2.24) is 4.72 Å². The molecule has 0 radical (unpaired) electrons. The summed E-state index contributed by atoms with van der Waals surface area (Å²) in [7, 11) is -3.61. The standard InChI is InChI=1S/C12H14N2O3S/c13-7-9(8-15)11-3-1-2-4-12(11)18(16,17)14-10-5-6-10/h1-4,9-10,14-15H,5-6,8H2. The largest absolute Gasteiger partial charge is 0.395 e. The Morgan fingerprint density at radius 1 is 1.44 bits per heavy atom. The molecule has 1 fully saturated rings. The van der Waals surface area contributed by atoms with E-state index in [1.165, 1.54) is 6.07 Å². The van der Waals surface area contributed by atoms with E-state index in [-0.39, 0.29) is 10.9 Å². The van der Waals surface area contributed by atoms with Gasteiger partial charge in [-0.05, 0) is 24.5 Å². The van der Waals surface area contributed by atoms with Crippen molar-refractivity contribution in [3.05, 3.63) is 29.8 Å². The third kappa shape index (κ3) is 2.70. The lowest BCUT2D eigenvalue weighted by molar-refractivity contribution is 0.284. The minimum Gasteiger partial charge on any atom is -0.395 e. The van der Waals surface area contributed by atoms with Gasteiger partial charge in [0.1, 0.15) is 0 Å². The Kier molecular flexibility index (Phi) is 3.66. The van der Waals surface area contributed by atoms with Gasteiger partial charge >= 0.3 is 0 Å². The molecule has 0 spiro atoms. The lowest BCUT2D eigenvalue weighted by atomic mass is 10.0. The highest BCUT2D eigenvalue weighted by atomic mass is 32.2. The fourth-order valence-corrected chi connectivity index (χ4v) is 3.29. The predicted molar refractivity (Wildman–Crippen MR) is 65.2 cm³/mol. The highest BCUT2D eigenvalue weighted by Crippen LogP contribution is 2.26. The zero-order chi connectivity index (χ0) is 13.2. The Bertz CT molecular complexity index is 573. The fraction of sp³-hybridized carbons (Fsp3) is 0.417. The minimum absolute atomic E-state index is 0.0118. The predicted octanol–water partition coefficient (Wildman–Crippen LogP) is 0.727. The number of aliphatic hydroxyl groups is 1. The average molecular weight is 266 g/mol. The van der Waals surface area contributed by atoms with Gasteiger partial charge in [0.2, 0.25) is 10.0 Å². The maximum Gasteiger partial charge on any atom is 0.241 e. The fourth-order valence-electron chi connectivity index (χ4n) is 1.71. The second-order valence-electron chi connectivity index (χ2n) is 4.30. The van der Waals surface area contributed by atoms with Crippen molar-refractivity contribution in [2.75, 3.05) is 6.61 Å². The lowest BCUT2D eigenvalue weighted by Crippen LogP contribution is -2.27. The molecule has 1 aromatic carbocycles. The summed E-state index contributed by atoms with van der Waals surface area (Å²) >= 11 is 0. The van der Waals surface area contributed by atoms with Crippen LogP contribution in [0.2, 0.25) is 0 Å². The number of nitriles is 1. The molecule has 1 atom stereocenters. The summed E-state index contributed by atoms with van der Waals surface area (Å²) in [5.41, 5.74) is 0.343. The van der Waals surface area contributed by atoms with Crippen molar-refractivity contribution >= 4 is 10.0 Å². The molecule has 5 nitrogen and oxygen atoms in total. The number of hydrogen-bond donors (Lipinski definition) is 2. The summed E-state index contributed by atoms with van der Waals surface area (Å²) in [4.78, 5) is 0.0810. The summed E-state index contributed by atoms with van der Waals surface area (Å²) in [6.07, 6.45) is 1.70. The molecule has 0 heterocycles. The van der Waals surface area contributed by atoms with Gasteiger partial charge in [0.25, 0.3) is 0 Å². The van der Waals surface area contributed by atoms with Crippen molar-refractivity contribution in [2.45, 2.75) is 29.7 Å². The van der Waals surface area contributed by atoms with Crippen LogP contribution in [-0.4, -0.2) is 26.2 Å². The number of aliphatic hydroxyl groups excluding tert-OH is 1. The second kappa shape index (κ2) is 5.06. The molecule has 6 heteroatoms. The van der Waals surface area contributed by atoms with E-state index < -0.39 is 22.5 Å². The van der Waals surface area contributed by atoms with Crippen LogP contribution in [0.3, 0.4) is 0 Å². The summed E-state index contributed by atoms with van der Waals surface area (Å²) in [5.74, 6) is -0.822. The average Bonchev–Trinajstić information content (AvgIpc) is 3.14.